The number of nitrogens with one attached hydrogen (secondary N) is 1. The average molecular weight is 208 g/mol. The minimum Gasteiger partial charge on any atom is -0.469 e. The molecule has 1 aliphatic heterocycles. The normalized spacial score (nSPS) is 19.5. The zero-order valence-electron chi connectivity index (χ0n) is 9.41. The molecule has 0 radical (unpaired) electrons. The molecule has 0 aromatic carbocycles. The highest BCUT2D eigenvalue weighted by atomic mass is 16.3. The molecule has 1 aromatic rings. The van der Waals surface area contributed by atoms with Gasteiger partial charge in [-0.05, 0) is 45.1 Å². The zero-order chi connectivity index (χ0) is 10.5. The second kappa shape index (κ2) is 5.33. The van der Waals surface area contributed by atoms with Crippen molar-refractivity contribution in [2.24, 2.45) is 0 Å². The van der Waals surface area contributed by atoms with E-state index in [1.54, 1.807) is 6.26 Å². The molecule has 0 bridgehead atoms. The van der Waals surface area contributed by atoms with Gasteiger partial charge >= 0.3 is 0 Å². The third kappa shape index (κ3) is 3.08. The van der Waals surface area contributed by atoms with Crippen molar-refractivity contribution in [2.45, 2.75) is 25.3 Å². The van der Waals surface area contributed by atoms with Gasteiger partial charge in [-0.1, -0.05) is 0 Å². The average Bonchev–Trinajstić information content (AvgIpc) is 2.80. The Morgan fingerprint density at radius 2 is 2.27 bits per heavy atom. The van der Waals surface area contributed by atoms with E-state index in [1.807, 2.05) is 6.07 Å². The van der Waals surface area contributed by atoms with Crippen molar-refractivity contribution in [1.29, 1.82) is 0 Å². The van der Waals surface area contributed by atoms with E-state index < -0.39 is 0 Å². The van der Waals surface area contributed by atoms with Crippen LogP contribution >= 0.6 is 0 Å². The highest BCUT2D eigenvalue weighted by Crippen LogP contribution is 2.11. The molecule has 1 saturated heterocycles. The van der Waals surface area contributed by atoms with Crippen LogP contribution in [-0.4, -0.2) is 37.6 Å². The predicted molar refractivity (Wildman–Crippen MR) is 60.9 cm³/mol. The Labute approximate surface area is 91.4 Å². The molecule has 0 spiro atoms. The van der Waals surface area contributed by atoms with E-state index in [4.69, 9.17) is 4.42 Å². The van der Waals surface area contributed by atoms with Crippen LogP contribution in [0.3, 0.4) is 0 Å². The molecular weight excluding hydrogens is 188 g/mol. The summed E-state index contributed by atoms with van der Waals surface area (Å²) >= 11 is 0. The van der Waals surface area contributed by atoms with E-state index in [0.717, 1.165) is 24.8 Å². The first-order valence-electron chi connectivity index (χ1n) is 5.80. The van der Waals surface area contributed by atoms with Gasteiger partial charge in [0, 0.05) is 19.0 Å². The van der Waals surface area contributed by atoms with Crippen LogP contribution in [-0.2, 0) is 6.42 Å². The van der Waals surface area contributed by atoms with Gasteiger partial charge in [0.1, 0.15) is 5.76 Å². The third-order valence-corrected chi connectivity index (χ3v) is 3.25. The molecule has 3 heteroatoms. The van der Waals surface area contributed by atoms with Crippen LogP contribution in [0.1, 0.15) is 18.6 Å². The summed E-state index contributed by atoms with van der Waals surface area (Å²) in [4.78, 5) is 2.52. The first kappa shape index (κ1) is 10.7. The highest BCUT2D eigenvalue weighted by Gasteiger charge is 2.17. The van der Waals surface area contributed by atoms with Crippen LogP contribution in [0.25, 0.3) is 0 Å². The quantitative estimate of drug-likeness (QED) is 0.813. The summed E-state index contributed by atoms with van der Waals surface area (Å²) in [5.41, 5.74) is 0. The zero-order valence-corrected chi connectivity index (χ0v) is 9.41. The molecular formula is C12H20N2O. The van der Waals surface area contributed by atoms with Gasteiger partial charge in [-0.25, -0.2) is 0 Å². The monoisotopic (exact) mass is 208 g/mol. The number of likely N-dealkylation sites (tertiary alicyclic amines) is 1. The molecule has 1 fully saturated rings. The summed E-state index contributed by atoms with van der Waals surface area (Å²) in [6, 6.07) is 4.74. The van der Waals surface area contributed by atoms with Crippen LogP contribution < -0.4 is 5.32 Å². The summed E-state index contributed by atoms with van der Waals surface area (Å²) in [6.07, 6.45) is 5.34. The van der Waals surface area contributed by atoms with Crippen LogP contribution in [0.15, 0.2) is 22.8 Å². The maximum atomic E-state index is 5.33. The lowest BCUT2D eigenvalue weighted by Gasteiger charge is -2.31. The first-order chi connectivity index (χ1) is 7.38. The molecule has 3 nitrogen and oxygen atoms in total. The van der Waals surface area contributed by atoms with Gasteiger partial charge < -0.3 is 14.6 Å². The Kier molecular flexibility index (Phi) is 3.80. The maximum Gasteiger partial charge on any atom is 0.105 e. The van der Waals surface area contributed by atoms with Gasteiger partial charge in [0.15, 0.2) is 0 Å². The molecule has 2 heterocycles. The molecule has 0 amide bonds. The molecule has 1 aliphatic rings. The van der Waals surface area contributed by atoms with E-state index >= 15 is 0 Å². The summed E-state index contributed by atoms with van der Waals surface area (Å²) < 4.78 is 5.33. The fourth-order valence-electron chi connectivity index (χ4n) is 2.17. The first-order valence-corrected chi connectivity index (χ1v) is 5.80. The lowest BCUT2D eigenvalue weighted by atomic mass is 10.1. The van der Waals surface area contributed by atoms with E-state index in [2.05, 4.69) is 23.3 Å². The number of rotatable bonds is 4. The van der Waals surface area contributed by atoms with Gasteiger partial charge in [0.05, 0.1) is 6.26 Å². The Hall–Kier alpha value is -0.800. The molecule has 0 atom stereocenters. The summed E-state index contributed by atoms with van der Waals surface area (Å²) in [6.45, 7) is 3.56. The number of hydrogen-bond acceptors (Lipinski definition) is 3. The van der Waals surface area contributed by atoms with E-state index in [9.17, 15) is 0 Å². The van der Waals surface area contributed by atoms with Crippen LogP contribution in [0.4, 0.5) is 0 Å². The van der Waals surface area contributed by atoms with Crippen LogP contribution in [0, 0.1) is 0 Å². The van der Waals surface area contributed by atoms with Gasteiger partial charge in [0.25, 0.3) is 0 Å². The van der Waals surface area contributed by atoms with Gasteiger partial charge in [-0.15, -0.1) is 0 Å². The lowest BCUT2D eigenvalue weighted by molar-refractivity contribution is 0.201. The molecule has 15 heavy (non-hydrogen) atoms. The second-order valence-electron chi connectivity index (χ2n) is 4.23. The molecule has 0 unspecified atom stereocenters. The van der Waals surface area contributed by atoms with E-state index in [-0.39, 0.29) is 0 Å². The van der Waals surface area contributed by atoms with Crippen molar-refractivity contribution in [1.82, 2.24) is 10.2 Å². The van der Waals surface area contributed by atoms with E-state index in [1.165, 1.54) is 25.9 Å². The van der Waals surface area contributed by atoms with Crippen molar-refractivity contribution in [3.8, 4) is 0 Å². The van der Waals surface area contributed by atoms with Gasteiger partial charge in [-0.2, -0.15) is 0 Å². The van der Waals surface area contributed by atoms with Crippen LogP contribution in [0.2, 0.25) is 0 Å². The largest absolute Gasteiger partial charge is 0.469 e. The standard InChI is InChI=1S/C12H20N2O/c1-13-11-4-7-14(8-5-11)9-6-12-3-2-10-15-12/h2-3,10-11,13H,4-9H2,1H3. The Morgan fingerprint density at radius 1 is 1.47 bits per heavy atom. The highest BCUT2D eigenvalue weighted by molar-refractivity contribution is 4.98. The third-order valence-electron chi connectivity index (χ3n) is 3.25. The van der Waals surface area contributed by atoms with E-state index in [0.29, 0.717) is 0 Å². The molecule has 84 valence electrons. The Balaban J connectivity index is 1.69. The smallest absolute Gasteiger partial charge is 0.105 e. The summed E-state index contributed by atoms with van der Waals surface area (Å²) in [7, 11) is 2.06. The summed E-state index contributed by atoms with van der Waals surface area (Å²) in [5, 5.41) is 3.35. The van der Waals surface area contributed by atoms with Gasteiger partial charge in [-0.3, -0.25) is 0 Å². The minimum absolute atomic E-state index is 0.727. The van der Waals surface area contributed by atoms with Crippen LogP contribution in [0.5, 0.6) is 0 Å². The van der Waals surface area contributed by atoms with Crippen molar-refractivity contribution in [3.05, 3.63) is 24.2 Å². The van der Waals surface area contributed by atoms with Crippen molar-refractivity contribution in [2.75, 3.05) is 26.7 Å². The number of hydrogen-bond donors (Lipinski definition) is 1. The fraction of sp³-hybridized carbons (Fsp3) is 0.667. The van der Waals surface area contributed by atoms with Gasteiger partial charge in [0.2, 0.25) is 0 Å². The SMILES string of the molecule is CNC1CCN(CCc2ccco2)CC1. The molecule has 2 rings (SSSR count). The van der Waals surface area contributed by atoms with Crippen molar-refractivity contribution in [3.63, 3.8) is 0 Å². The molecule has 1 aromatic heterocycles. The number of piperidine rings is 1. The maximum absolute atomic E-state index is 5.33. The summed E-state index contributed by atoms with van der Waals surface area (Å²) in [5.74, 6) is 1.10. The predicted octanol–water partition coefficient (Wildman–Crippen LogP) is 1.51. The number of nitrogens with zero attached hydrogens (tertiary/aromatic N) is 1. The molecule has 0 aliphatic carbocycles. The Morgan fingerprint density at radius 3 is 2.87 bits per heavy atom. The minimum atomic E-state index is 0.727. The fourth-order valence-corrected chi connectivity index (χ4v) is 2.17. The lowest BCUT2D eigenvalue weighted by Crippen LogP contribution is -2.41. The Bertz CT molecular complexity index is 263. The second-order valence-corrected chi connectivity index (χ2v) is 4.23. The molecule has 1 N–H and O–H groups in total. The topological polar surface area (TPSA) is 28.4 Å². The van der Waals surface area contributed by atoms with Crippen molar-refractivity contribution < 1.29 is 4.42 Å². The van der Waals surface area contributed by atoms with Crippen molar-refractivity contribution >= 4 is 0 Å². The number of furan rings is 1. The molecule has 0 saturated carbocycles.